The minimum atomic E-state index is -3.83. The van der Waals surface area contributed by atoms with E-state index >= 15 is 0 Å². The van der Waals surface area contributed by atoms with Gasteiger partial charge in [-0.1, -0.05) is 67.8 Å². The first-order valence-corrected chi connectivity index (χ1v) is 12.1. The van der Waals surface area contributed by atoms with Crippen LogP contribution in [0, 0.1) is 0 Å². The lowest BCUT2D eigenvalue weighted by Crippen LogP contribution is -2.52. The largest absolute Gasteiger partial charge is 0.465 e. The van der Waals surface area contributed by atoms with E-state index in [4.69, 9.17) is 0 Å². The van der Waals surface area contributed by atoms with Crippen LogP contribution in [0.1, 0.15) is 37.7 Å². The van der Waals surface area contributed by atoms with Gasteiger partial charge in [-0.3, -0.25) is 0 Å². The molecule has 0 radical (unpaired) electrons. The van der Waals surface area contributed by atoms with Gasteiger partial charge in [0.15, 0.2) is 0 Å². The summed E-state index contributed by atoms with van der Waals surface area (Å²) in [5, 5.41) is 22.6. The molecule has 1 saturated carbocycles. The van der Waals surface area contributed by atoms with E-state index in [2.05, 4.69) is 5.32 Å². The topological polar surface area (TPSA) is 107 Å². The van der Waals surface area contributed by atoms with Crippen molar-refractivity contribution in [3.05, 3.63) is 66.2 Å². The maximum absolute atomic E-state index is 13.4. The number of carbonyl (C=O) groups is 1. The number of nitrogens with one attached hydrogen (secondary N) is 1. The molecule has 31 heavy (non-hydrogen) atoms. The van der Waals surface area contributed by atoms with Gasteiger partial charge < -0.3 is 15.5 Å². The number of sulfonamides is 1. The zero-order valence-corrected chi connectivity index (χ0v) is 18.2. The maximum Gasteiger partial charge on any atom is 0.404 e. The van der Waals surface area contributed by atoms with Crippen molar-refractivity contribution < 1.29 is 23.4 Å². The van der Waals surface area contributed by atoms with Crippen molar-refractivity contribution in [3.63, 3.8) is 0 Å². The highest BCUT2D eigenvalue weighted by Crippen LogP contribution is 2.28. The Labute approximate surface area is 183 Å². The molecule has 168 valence electrons. The lowest BCUT2D eigenvalue weighted by molar-refractivity contribution is 0.0860. The van der Waals surface area contributed by atoms with Crippen LogP contribution in [0.15, 0.2) is 65.6 Å². The summed E-state index contributed by atoms with van der Waals surface area (Å²) in [5.74, 6) is 0. The fraction of sp³-hybridized carbons (Fsp3) is 0.435. The van der Waals surface area contributed by atoms with E-state index in [1.807, 2.05) is 30.3 Å². The first-order chi connectivity index (χ1) is 14.9. The Bertz CT molecular complexity index is 931. The van der Waals surface area contributed by atoms with Crippen molar-refractivity contribution in [3.8, 4) is 0 Å². The number of rotatable bonds is 9. The Kier molecular flexibility index (Phi) is 8.06. The molecular weight excluding hydrogens is 416 g/mol. The molecule has 0 heterocycles. The van der Waals surface area contributed by atoms with Gasteiger partial charge in [0.25, 0.3) is 0 Å². The summed E-state index contributed by atoms with van der Waals surface area (Å²) in [7, 11) is -3.83. The normalized spacial score (nSPS) is 17.2. The van der Waals surface area contributed by atoms with Crippen LogP contribution in [0.2, 0.25) is 0 Å². The maximum atomic E-state index is 13.4. The highest BCUT2D eigenvalue weighted by atomic mass is 32.2. The fourth-order valence-electron chi connectivity index (χ4n) is 4.16. The van der Waals surface area contributed by atoms with E-state index in [1.165, 1.54) is 4.31 Å². The van der Waals surface area contributed by atoms with Gasteiger partial charge in [0.2, 0.25) is 10.0 Å². The van der Waals surface area contributed by atoms with Crippen molar-refractivity contribution in [2.24, 2.45) is 0 Å². The molecule has 1 aliphatic rings. The average molecular weight is 447 g/mol. The highest BCUT2D eigenvalue weighted by Gasteiger charge is 2.36. The van der Waals surface area contributed by atoms with E-state index in [-0.39, 0.29) is 23.9 Å². The van der Waals surface area contributed by atoms with Crippen molar-refractivity contribution >= 4 is 16.1 Å². The summed E-state index contributed by atoms with van der Waals surface area (Å²) < 4.78 is 28.3. The Morgan fingerprint density at radius 3 is 2.16 bits per heavy atom. The van der Waals surface area contributed by atoms with Gasteiger partial charge in [0, 0.05) is 12.6 Å². The third-order valence-electron chi connectivity index (χ3n) is 5.77. The second-order valence-electron chi connectivity index (χ2n) is 7.99. The predicted molar refractivity (Wildman–Crippen MR) is 118 cm³/mol. The van der Waals surface area contributed by atoms with E-state index in [1.54, 1.807) is 30.3 Å². The predicted octanol–water partition coefficient (Wildman–Crippen LogP) is 3.25. The van der Waals surface area contributed by atoms with E-state index in [0.717, 1.165) is 37.7 Å². The van der Waals surface area contributed by atoms with Crippen LogP contribution in [0.5, 0.6) is 0 Å². The average Bonchev–Trinajstić information content (AvgIpc) is 2.78. The molecule has 1 aliphatic carbocycles. The zero-order chi connectivity index (χ0) is 22.3. The van der Waals surface area contributed by atoms with Crippen LogP contribution in [0.25, 0.3) is 0 Å². The van der Waals surface area contributed by atoms with Crippen molar-refractivity contribution in [1.82, 2.24) is 9.62 Å². The number of aliphatic hydroxyl groups excluding tert-OH is 1. The number of nitrogens with zero attached hydrogens (tertiary/aromatic N) is 1. The molecule has 2 atom stereocenters. The SMILES string of the molecule is O=C(O)N[C@@H](Cc1ccccc1)[C@H](O)CN(C1CCCCC1)S(=O)(=O)c1ccccc1. The van der Waals surface area contributed by atoms with Gasteiger partial charge in [0.05, 0.1) is 17.0 Å². The van der Waals surface area contributed by atoms with Gasteiger partial charge in [-0.05, 0) is 37.0 Å². The molecule has 0 unspecified atom stereocenters. The van der Waals surface area contributed by atoms with Crippen molar-refractivity contribution in [1.29, 1.82) is 0 Å². The Hall–Kier alpha value is -2.42. The summed E-state index contributed by atoms with van der Waals surface area (Å²) in [4.78, 5) is 11.5. The smallest absolute Gasteiger partial charge is 0.404 e. The second-order valence-corrected chi connectivity index (χ2v) is 9.88. The van der Waals surface area contributed by atoms with Gasteiger partial charge >= 0.3 is 6.09 Å². The molecule has 1 amide bonds. The number of carboxylic acid groups (broad SMARTS) is 1. The summed E-state index contributed by atoms with van der Waals surface area (Å²) in [6.45, 7) is -0.167. The molecule has 2 aromatic rings. The molecule has 0 aliphatic heterocycles. The Morgan fingerprint density at radius 2 is 1.58 bits per heavy atom. The van der Waals surface area contributed by atoms with Crippen molar-refractivity contribution in [2.75, 3.05) is 6.54 Å². The third-order valence-corrected chi connectivity index (χ3v) is 7.70. The van der Waals surface area contributed by atoms with Crippen LogP contribution >= 0.6 is 0 Å². The number of hydrogen-bond acceptors (Lipinski definition) is 4. The van der Waals surface area contributed by atoms with Crippen LogP contribution < -0.4 is 5.32 Å². The molecule has 0 spiro atoms. The minimum Gasteiger partial charge on any atom is -0.465 e. The minimum absolute atomic E-state index is 0.167. The molecular formula is C23H30N2O5S. The molecule has 8 heteroatoms. The molecule has 0 bridgehead atoms. The number of benzene rings is 2. The first-order valence-electron chi connectivity index (χ1n) is 10.7. The molecule has 3 rings (SSSR count). The first kappa shape index (κ1) is 23.2. The standard InChI is InChI=1S/C23H30N2O5S/c26-22(21(24-23(27)28)16-18-10-4-1-5-11-18)17-25(19-12-6-2-7-13-19)31(29,30)20-14-8-3-9-15-20/h1,3-5,8-11,14-15,19,21-22,24,26H,2,6-7,12-13,16-17H2,(H,27,28)/t21-,22+/m0/s1. The van der Waals surface area contributed by atoms with Gasteiger partial charge in [0.1, 0.15) is 0 Å². The molecule has 2 aromatic carbocycles. The molecule has 3 N–H and O–H groups in total. The fourth-order valence-corrected chi connectivity index (χ4v) is 5.89. The Balaban J connectivity index is 1.86. The van der Waals surface area contributed by atoms with E-state index < -0.39 is 28.3 Å². The monoisotopic (exact) mass is 446 g/mol. The number of amides is 1. The molecule has 0 saturated heterocycles. The lowest BCUT2D eigenvalue weighted by Gasteiger charge is -2.36. The highest BCUT2D eigenvalue weighted by molar-refractivity contribution is 7.89. The zero-order valence-electron chi connectivity index (χ0n) is 17.4. The van der Waals surface area contributed by atoms with E-state index in [9.17, 15) is 23.4 Å². The van der Waals surface area contributed by atoms with Crippen LogP contribution in [-0.4, -0.2) is 53.8 Å². The molecule has 1 fully saturated rings. The van der Waals surface area contributed by atoms with E-state index in [0.29, 0.717) is 0 Å². The van der Waals surface area contributed by atoms with Crippen LogP contribution in [0.3, 0.4) is 0 Å². The van der Waals surface area contributed by atoms with Crippen molar-refractivity contribution in [2.45, 2.75) is 61.6 Å². The van der Waals surface area contributed by atoms with Gasteiger partial charge in [-0.25, -0.2) is 13.2 Å². The summed E-state index contributed by atoms with van der Waals surface area (Å²) in [6.07, 6.45) is 2.20. The van der Waals surface area contributed by atoms with Crippen LogP contribution in [0.4, 0.5) is 4.79 Å². The number of hydrogen-bond donors (Lipinski definition) is 3. The van der Waals surface area contributed by atoms with Gasteiger partial charge in [-0.15, -0.1) is 0 Å². The molecule has 7 nitrogen and oxygen atoms in total. The van der Waals surface area contributed by atoms with Gasteiger partial charge in [-0.2, -0.15) is 4.31 Å². The summed E-state index contributed by atoms with van der Waals surface area (Å²) in [6, 6.07) is 16.4. The summed E-state index contributed by atoms with van der Waals surface area (Å²) >= 11 is 0. The second kappa shape index (κ2) is 10.7. The third kappa shape index (κ3) is 6.29. The Morgan fingerprint density at radius 1 is 1.00 bits per heavy atom. The lowest BCUT2D eigenvalue weighted by atomic mass is 9.95. The number of aliphatic hydroxyl groups is 1. The molecule has 0 aromatic heterocycles. The summed E-state index contributed by atoms with van der Waals surface area (Å²) in [5.41, 5.74) is 0.857. The van der Waals surface area contributed by atoms with Crippen LogP contribution in [-0.2, 0) is 16.4 Å². The quantitative estimate of drug-likeness (QED) is 0.548.